The molecule has 1 atom stereocenters. The lowest BCUT2D eigenvalue weighted by Gasteiger charge is -2.17. The number of rotatable bonds is 5. The number of benzene rings is 1. The van der Waals surface area contributed by atoms with Crippen LogP contribution in [0.4, 0.5) is 0 Å². The minimum absolute atomic E-state index is 0.0365. The predicted octanol–water partition coefficient (Wildman–Crippen LogP) is 4.40. The van der Waals surface area contributed by atoms with E-state index in [4.69, 9.17) is 16.6 Å². The first-order valence-corrected chi connectivity index (χ1v) is 12.7. The van der Waals surface area contributed by atoms with Crippen LogP contribution in [0.15, 0.2) is 64.4 Å². The van der Waals surface area contributed by atoms with Gasteiger partial charge in [0, 0.05) is 33.7 Å². The third-order valence-electron chi connectivity index (χ3n) is 4.78. The molecule has 0 spiro atoms. The molecule has 0 aliphatic heterocycles. The quantitative estimate of drug-likeness (QED) is 0.395. The SMILES string of the molecule is C[C@H](NC(=O)c1cc(Cl)cc(S(C)(=O)=O)c1)c1nc2ccncc2nc1-c1ccc(Br)cn1. The van der Waals surface area contributed by atoms with E-state index in [9.17, 15) is 13.2 Å². The van der Waals surface area contributed by atoms with Crippen LogP contribution in [0.1, 0.15) is 29.0 Å². The second kappa shape index (κ2) is 9.12. The summed E-state index contributed by atoms with van der Waals surface area (Å²) in [5, 5.41) is 3.00. The minimum atomic E-state index is -3.54. The van der Waals surface area contributed by atoms with Crippen molar-refractivity contribution in [2.45, 2.75) is 17.9 Å². The van der Waals surface area contributed by atoms with Crippen LogP contribution in [0.2, 0.25) is 5.02 Å². The van der Waals surface area contributed by atoms with E-state index in [2.05, 4.69) is 36.2 Å². The number of nitrogens with one attached hydrogen (secondary N) is 1. The molecule has 0 aliphatic rings. The summed E-state index contributed by atoms with van der Waals surface area (Å²) in [5.74, 6) is -0.499. The smallest absolute Gasteiger partial charge is 0.251 e. The predicted molar refractivity (Wildman–Crippen MR) is 129 cm³/mol. The number of halogens is 2. The molecule has 0 aliphatic carbocycles. The molecule has 0 unspecified atom stereocenters. The van der Waals surface area contributed by atoms with Gasteiger partial charge in [0.05, 0.1) is 34.0 Å². The lowest BCUT2D eigenvalue weighted by atomic mass is 10.1. The van der Waals surface area contributed by atoms with Gasteiger partial charge in [0.2, 0.25) is 0 Å². The zero-order chi connectivity index (χ0) is 23.8. The summed E-state index contributed by atoms with van der Waals surface area (Å²) < 4.78 is 24.7. The average Bonchev–Trinajstić information content (AvgIpc) is 2.77. The molecule has 4 aromatic rings. The molecular formula is C22H17BrClN5O3S. The molecule has 1 amide bonds. The van der Waals surface area contributed by atoms with Crippen molar-refractivity contribution in [3.8, 4) is 11.4 Å². The monoisotopic (exact) mass is 545 g/mol. The van der Waals surface area contributed by atoms with Gasteiger partial charge in [-0.25, -0.2) is 18.4 Å². The van der Waals surface area contributed by atoms with Crippen LogP contribution in [-0.2, 0) is 9.84 Å². The van der Waals surface area contributed by atoms with Crippen molar-refractivity contribution in [3.63, 3.8) is 0 Å². The minimum Gasteiger partial charge on any atom is -0.344 e. The summed E-state index contributed by atoms with van der Waals surface area (Å²) in [4.78, 5) is 30.8. The van der Waals surface area contributed by atoms with Gasteiger partial charge in [-0.3, -0.25) is 14.8 Å². The molecule has 8 nitrogen and oxygen atoms in total. The van der Waals surface area contributed by atoms with E-state index < -0.39 is 21.8 Å². The van der Waals surface area contributed by atoms with Crippen LogP contribution in [-0.4, -0.2) is 40.5 Å². The van der Waals surface area contributed by atoms with Crippen molar-refractivity contribution >= 4 is 54.3 Å². The molecule has 3 aromatic heterocycles. The second-order valence-corrected chi connectivity index (χ2v) is 10.7. The van der Waals surface area contributed by atoms with Gasteiger partial charge >= 0.3 is 0 Å². The molecule has 0 fully saturated rings. The van der Waals surface area contributed by atoms with Crippen LogP contribution in [0, 0.1) is 0 Å². The van der Waals surface area contributed by atoms with E-state index in [0.717, 1.165) is 10.7 Å². The lowest BCUT2D eigenvalue weighted by Crippen LogP contribution is -2.28. The molecule has 11 heteroatoms. The van der Waals surface area contributed by atoms with Crippen LogP contribution < -0.4 is 5.32 Å². The first-order chi connectivity index (χ1) is 15.6. The summed E-state index contributed by atoms with van der Waals surface area (Å²) in [7, 11) is -3.54. The maximum absolute atomic E-state index is 13.0. The normalized spacial score (nSPS) is 12.5. The molecule has 0 radical (unpaired) electrons. The van der Waals surface area contributed by atoms with Gasteiger partial charge in [-0.15, -0.1) is 0 Å². The summed E-state index contributed by atoms with van der Waals surface area (Å²) in [6, 6.07) is 8.79. The molecule has 33 heavy (non-hydrogen) atoms. The molecule has 4 rings (SSSR count). The van der Waals surface area contributed by atoms with E-state index in [-0.39, 0.29) is 15.5 Å². The Morgan fingerprint density at radius 1 is 1.09 bits per heavy atom. The van der Waals surface area contributed by atoms with Crippen molar-refractivity contribution in [2.24, 2.45) is 0 Å². The van der Waals surface area contributed by atoms with Gasteiger partial charge in [-0.1, -0.05) is 11.6 Å². The fourth-order valence-electron chi connectivity index (χ4n) is 3.18. The van der Waals surface area contributed by atoms with Crippen molar-refractivity contribution < 1.29 is 13.2 Å². The molecule has 0 bridgehead atoms. The third kappa shape index (κ3) is 5.18. The topological polar surface area (TPSA) is 115 Å². The second-order valence-electron chi connectivity index (χ2n) is 7.33. The highest BCUT2D eigenvalue weighted by Crippen LogP contribution is 2.27. The molecule has 0 saturated carbocycles. The first kappa shape index (κ1) is 23.2. The van der Waals surface area contributed by atoms with Gasteiger partial charge in [-0.2, -0.15) is 0 Å². The Morgan fingerprint density at radius 3 is 2.58 bits per heavy atom. The summed E-state index contributed by atoms with van der Waals surface area (Å²) in [6.07, 6.45) is 5.92. The number of hydrogen-bond donors (Lipinski definition) is 1. The van der Waals surface area contributed by atoms with Crippen LogP contribution in [0.25, 0.3) is 22.4 Å². The molecule has 3 heterocycles. The average molecular weight is 547 g/mol. The maximum atomic E-state index is 13.0. The fourth-order valence-corrected chi connectivity index (χ4v) is 4.40. The Bertz CT molecular complexity index is 1480. The summed E-state index contributed by atoms with van der Waals surface area (Å²) >= 11 is 9.42. The van der Waals surface area contributed by atoms with Crippen molar-refractivity contribution in [1.82, 2.24) is 25.3 Å². The highest BCUT2D eigenvalue weighted by molar-refractivity contribution is 9.10. The van der Waals surface area contributed by atoms with Crippen LogP contribution in [0.3, 0.4) is 0 Å². The van der Waals surface area contributed by atoms with Gasteiger partial charge in [0.15, 0.2) is 9.84 Å². The Hall–Kier alpha value is -2.95. The maximum Gasteiger partial charge on any atom is 0.251 e. The zero-order valence-corrected chi connectivity index (χ0v) is 20.6. The van der Waals surface area contributed by atoms with Gasteiger partial charge in [0.1, 0.15) is 11.2 Å². The molecule has 168 valence electrons. The lowest BCUT2D eigenvalue weighted by molar-refractivity contribution is 0.0939. The number of sulfone groups is 1. The standard InChI is InChI=1S/C22H17BrClN5O3S/c1-12(27-22(30)13-7-15(24)9-16(8-13)33(2,31)32)20-21(18-4-3-14(23)10-26-18)29-19-11-25-6-5-17(19)28-20/h3-12H,1-2H3,(H,27,30)/t12-/m0/s1. The van der Waals surface area contributed by atoms with Crippen molar-refractivity contribution in [1.29, 1.82) is 0 Å². The number of hydrogen-bond acceptors (Lipinski definition) is 7. The van der Waals surface area contributed by atoms with E-state index >= 15 is 0 Å². The van der Waals surface area contributed by atoms with Crippen molar-refractivity contribution in [2.75, 3.05) is 6.26 Å². The highest BCUT2D eigenvalue weighted by atomic mass is 79.9. The van der Waals surface area contributed by atoms with Crippen LogP contribution in [0.5, 0.6) is 0 Å². The number of aromatic nitrogens is 4. The Labute approximate surface area is 203 Å². The highest BCUT2D eigenvalue weighted by Gasteiger charge is 2.21. The van der Waals surface area contributed by atoms with Gasteiger partial charge < -0.3 is 5.32 Å². The number of carbonyl (C=O) groups excluding carboxylic acids is 1. The Kier molecular flexibility index (Phi) is 6.42. The van der Waals surface area contributed by atoms with E-state index in [1.165, 1.54) is 18.2 Å². The van der Waals surface area contributed by atoms with E-state index in [1.807, 2.05) is 6.07 Å². The first-order valence-electron chi connectivity index (χ1n) is 9.67. The number of nitrogens with zero attached hydrogens (tertiary/aromatic N) is 4. The summed E-state index contributed by atoms with van der Waals surface area (Å²) in [5.41, 5.74) is 2.91. The number of pyridine rings is 2. The molecule has 0 saturated heterocycles. The largest absolute Gasteiger partial charge is 0.344 e. The molecular weight excluding hydrogens is 530 g/mol. The van der Waals surface area contributed by atoms with Crippen LogP contribution >= 0.6 is 27.5 Å². The van der Waals surface area contributed by atoms with Crippen molar-refractivity contribution in [3.05, 3.63) is 75.7 Å². The summed E-state index contributed by atoms with van der Waals surface area (Å²) in [6.45, 7) is 1.76. The number of amides is 1. The molecule has 1 N–H and O–H groups in total. The third-order valence-corrected chi connectivity index (χ3v) is 6.56. The Morgan fingerprint density at radius 2 is 1.88 bits per heavy atom. The molecule has 1 aromatic carbocycles. The van der Waals surface area contributed by atoms with E-state index in [0.29, 0.717) is 28.1 Å². The number of carbonyl (C=O) groups is 1. The van der Waals surface area contributed by atoms with E-state index in [1.54, 1.807) is 37.6 Å². The number of fused-ring (bicyclic) bond motifs is 1. The fraction of sp³-hybridized carbons (Fsp3) is 0.136. The zero-order valence-electron chi connectivity index (χ0n) is 17.5. The van der Waals surface area contributed by atoms with Gasteiger partial charge in [-0.05, 0) is 59.3 Å². The van der Waals surface area contributed by atoms with Gasteiger partial charge in [0.25, 0.3) is 5.91 Å². The Balaban J connectivity index is 1.74.